The fourth-order valence-electron chi connectivity index (χ4n) is 2.58. The first kappa shape index (κ1) is 15.5. The van der Waals surface area contributed by atoms with E-state index in [4.69, 9.17) is 5.11 Å². The largest absolute Gasteiger partial charge is 0.395 e. The molecule has 0 aromatic carbocycles. The minimum atomic E-state index is 0.141. The van der Waals surface area contributed by atoms with Gasteiger partial charge in [0.2, 0.25) is 0 Å². The minimum Gasteiger partial charge on any atom is -0.395 e. The molecule has 1 aromatic heterocycles. The molecule has 2 rings (SSSR count). The molecule has 0 atom stereocenters. The lowest BCUT2D eigenvalue weighted by atomic mass is 10.0. The molecule has 110 valence electrons. The van der Waals surface area contributed by atoms with Crippen LogP contribution < -0.4 is 0 Å². The van der Waals surface area contributed by atoms with Crippen molar-refractivity contribution < 1.29 is 5.11 Å². The van der Waals surface area contributed by atoms with Crippen molar-refractivity contribution in [1.82, 2.24) is 9.80 Å². The van der Waals surface area contributed by atoms with Crippen LogP contribution in [0.2, 0.25) is 0 Å². The Morgan fingerprint density at radius 3 is 2.90 bits per heavy atom. The lowest BCUT2D eigenvalue weighted by Gasteiger charge is -2.35. The Morgan fingerprint density at radius 1 is 1.45 bits per heavy atom. The Morgan fingerprint density at radius 2 is 2.20 bits per heavy atom. The zero-order valence-corrected chi connectivity index (χ0v) is 13.2. The number of hydrogen-bond donors (Lipinski definition) is 1. The number of thiophene rings is 1. The molecule has 0 radical (unpaired) electrons. The Hall–Kier alpha value is -0.860. The van der Waals surface area contributed by atoms with Crippen LogP contribution in [0.5, 0.6) is 0 Å². The fraction of sp³-hybridized carbons (Fsp3) is 0.625. The SMILES string of the molecule is CN1CCC(N(C)Cc2sccc2C#CCCO)CC1. The topological polar surface area (TPSA) is 26.7 Å². The molecule has 1 N–H and O–H groups in total. The fourth-order valence-corrected chi connectivity index (χ4v) is 3.47. The van der Waals surface area contributed by atoms with Gasteiger partial charge in [-0.25, -0.2) is 0 Å². The molecule has 1 aromatic rings. The van der Waals surface area contributed by atoms with Gasteiger partial charge in [0.1, 0.15) is 0 Å². The highest BCUT2D eigenvalue weighted by atomic mass is 32.1. The lowest BCUT2D eigenvalue weighted by Crippen LogP contribution is -2.41. The Labute approximate surface area is 126 Å². The molecule has 20 heavy (non-hydrogen) atoms. The Bertz CT molecular complexity index is 466. The second-order valence-electron chi connectivity index (χ2n) is 5.48. The number of piperidine rings is 1. The predicted octanol–water partition coefficient (Wildman–Crippen LogP) is 2.01. The number of nitrogens with zero attached hydrogens (tertiary/aromatic N) is 2. The average molecular weight is 292 g/mol. The van der Waals surface area contributed by atoms with Crippen molar-refractivity contribution in [3.8, 4) is 11.8 Å². The van der Waals surface area contributed by atoms with Crippen LogP contribution in [-0.2, 0) is 6.54 Å². The number of likely N-dealkylation sites (tertiary alicyclic amines) is 1. The summed E-state index contributed by atoms with van der Waals surface area (Å²) in [7, 11) is 4.42. The first-order valence-corrected chi connectivity index (χ1v) is 8.13. The molecule has 1 aliphatic heterocycles. The second kappa shape index (κ2) is 7.80. The summed E-state index contributed by atoms with van der Waals surface area (Å²) in [5, 5.41) is 10.9. The van der Waals surface area contributed by atoms with Crippen molar-refractivity contribution in [2.75, 3.05) is 33.8 Å². The van der Waals surface area contributed by atoms with Crippen LogP contribution in [0.1, 0.15) is 29.7 Å². The number of hydrogen-bond acceptors (Lipinski definition) is 4. The standard InChI is InChI=1S/C16H24N2OS/c1-17-9-6-15(7-10-17)18(2)13-16-14(8-12-20-16)5-3-4-11-19/h8,12,15,19H,4,6-7,9-11,13H2,1-2H3. The number of aliphatic hydroxyl groups excluding tert-OH is 1. The third kappa shape index (κ3) is 4.32. The van der Waals surface area contributed by atoms with Gasteiger partial charge in [-0.05, 0) is 51.5 Å². The molecule has 0 aliphatic carbocycles. The van der Waals surface area contributed by atoms with E-state index in [1.807, 2.05) is 0 Å². The summed E-state index contributed by atoms with van der Waals surface area (Å²) in [5.74, 6) is 6.19. The monoisotopic (exact) mass is 292 g/mol. The molecular weight excluding hydrogens is 268 g/mol. The third-order valence-electron chi connectivity index (χ3n) is 3.91. The first-order chi connectivity index (χ1) is 9.70. The molecule has 1 fully saturated rings. The first-order valence-electron chi connectivity index (χ1n) is 7.25. The normalized spacial score (nSPS) is 17.2. The number of aliphatic hydroxyl groups is 1. The highest BCUT2D eigenvalue weighted by Gasteiger charge is 2.21. The number of rotatable bonds is 4. The molecule has 0 bridgehead atoms. The van der Waals surface area contributed by atoms with Crippen LogP contribution in [0, 0.1) is 11.8 Å². The molecule has 3 nitrogen and oxygen atoms in total. The average Bonchev–Trinajstić information content (AvgIpc) is 2.87. The van der Waals surface area contributed by atoms with Crippen LogP contribution in [0.25, 0.3) is 0 Å². The van der Waals surface area contributed by atoms with Crippen LogP contribution >= 0.6 is 11.3 Å². The highest BCUT2D eigenvalue weighted by Crippen LogP contribution is 2.21. The van der Waals surface area contributed by atoms with Crippen molar-refractivity contribution in [3.63, 3.8) is 0 Å². The van der Waals surface area contributed by atoms with Crippen LogP contribution in [0.15, 0.2) is 11.4 Å². The van der Waals surface area contributed by atoms with E-state index in [2.05, 4.69) is 47.2 Å². The maximum Gasteiger partial charge on any atom is 0.0540 e. The molecule has 0 spiro atoms. The Kier molecular flexibility index (Phi) is 6.06. The van der Waals surface area contributed by atoms with Crippen LogP contribution in [0.3, 0.4) is 0 Å². The van der Waals surface area contributed by atoms with Gasteiger partial charge in [-0.2, -0.15) is 0 Å². The summed E-state index contributed by atoms with van der Waals surface area (Å²) in [5.41, 5.74) is 1.13. The van der Waals surface area contributed by atoms with Crippen molar-refractivity contribution in [3.05, 3.63) is 21.9 Å². The minimum absolute atomic E-state index is 0.141. The van der Waals surface area contributed by atoms with E-state index in [1.54, 1.807) is 11.3 Å². The Balaban J connectivity index is 1.93. The van der Waals surface area contributed by atoms with E-state index >= 15 is 0 Å². The van der Waals surface area contributed by atoms with E-state index in [9.17, 15) is 0 Å². The molecule has 2 heterocycles. The van der Waals surface area contributed by atoms with Gasteiger partial charge in [-0.3, -0.25) is 4.90 Å². The summed E-state index contributed by atoms with van der Waals surface area (Å²) in [4.78, 5) is 6.22. The smallest absolute Gasteiger partial charge is 0.0540 e. The zero-order valence-electron chi connectivity index (χ0n) is 12.4. The van der Waals surface area contributed by atoms with Crippen LogP contribution in [0.4, 0.5) is 0 Å². The maximum absolute atomic E-state index is 8.79. The van der Waals surface area contributed by atoms with Gasteiger partial charge in [0, 0.05) is 29.4 Å². The van der Waals surface area contributed by atoms with Gasteiger partial charge < -0.3 is 10.0 Å². The van der Waals surface area contributed by atoms with Gasteiger partial charge in [-0.15, -0.1) is 11.3 Å². The van der Waals surface area contributed by atoms with Crippen LogP contribution in [-0.4, -0.2) is 54.7 Å². The molecule has 1 saturated heterocycles. The maximum atomic E-state index is 8.79. The van der Waals surface area contributed by atoms with Gasteiger partial charge >= 0.3 is 0 Å². The zero-order chi connectivity index (χ0) is 14.4. The van der Waals surface area contributed by atoms with E-state index in [1.165, 1.54) is 30.8 Å². The second-order valence-corrected chi connectivity index (χ2v) is 6.48. The van der Waals surface area contributed by atoms with Gasteiger partial charge in [0.05, 0.1) is 6.61 Å². The van der Waals surface area contributed by atoms with E-state index in [0.717, 1.165) is 12.1 Å². The molecule has 0 unspecified atom stereocenters. The summed E-state index contributed by atoms with van der Waals surface area (Å²) in [6.07, 6.45) is 3.06. The molecular formula is C16H24N2OS. The summed E-state index contributed by atoms with van der Waals surface area (Å²) < 4.78 is 0. The third-order valence-corrected chi connectivity index (χ3v) is 4.82. The van der Waals surface area contributed by atoms with Crippen molar-refractivity contribution in [2.45, 2.75) is 31.8 Å². The van der Waals surface area contributed by atoms with Crippen molar-refractivity contribution in [2.24, 2.45) is 0 Å². The van der Waals surface area contributed by atoms with Gasteiger partial charge in [-0.1, -0.05) is 11.8 Å². The summed E-state index contributed by atoms with van der Waals surface area (Å²) in [6, 6.07) is 2.78. The van der Waals surface area contributed by atoms with Crippen molar-refractivity contribution in [1.29, 1.82) is 0 Å². The van der Waals surface area contributed by atoms with E-state index < -0.39 is 0 Å². The summed E-state index contributed by atoms with van der Waals surface area (Å²) in [6.45, 7) is 3.52. The lowest BCUT2D eigenvalue weighted by molar-refractivity contribution is 0.140. The van der Waals surface area contributed by atoms with Gasteiger partial charge in [0.15, 0.2) is 0 Å². The quantitative estimate of drug-likeness (QED) is 0.860. The molecule has 0 amide bonds. The predicted molar refractivity (Wildman–Crippen MR) is 84.9 cm³/mol. The van der Waals surface area contributed by atoms with E-state index in [0.29, 0.717) is 12.5 Å². The molecule has 0 saturated carbocycles. The molecule has 1 aliphatic rings. The summed E-state index contributed by atoms with van der Waals surface area (Å²) >= 11 is 1.78. The van der Waals surface area contributed by atoms with Crippen molar-refractivity contribution >= 4 is 11.3 Å². The molecule has 4 heteroatoms. The van der Waals surface area contributed by atoms with Gasteiger partial charge in [0.25, 0.3) is 0 Å². The van der Waals surface area contributed by atoms with E-state index in [-0.39, 0.29) is 6.61 Å². The highest BCUT2D eigenvalue weighted by molar-refractivity contribution is 7.10.